The number of aliphatic hydroxyl groups is 1. The van der Waals surface area contributed by atoms with E-state index < -0.39 is 6.10 Å². The fourth-order valence-corrected chi connectivity index (χ4v) is 2.69. The molecule has 0 saturated heterocycles. The Hall–Kier alpha value is -0.840. The molecular formula is C15H14Br2O2. The van der Waals surface area contributed by atoms with Crippen molar-refractivity contribution < 1.29 is 9.84 Å². The molecule has 100 valence electrons. The highest BCUT2D eigenvalue weighted by molar-refractivity contribution is 9.10. The lowest BCUT2D eigenvalue weighted by molar-refractivity contribution is 0.220. The summed E-state index contributed by atoms with van der Waals surface area (Å²) in [7, 11) is 1.62. The number of hydrogen-bond donors (Lipinski definition) is 1. The summed E-state index contributed by atoms with van der Waals surface area (Å²) in [5, 5.41) is 10.4. The first-order chi connectivity index (χ1) is 9.02. The Labute approximate surface area is 129 Å². The molecule has 0 fully saturated rings. The maximum absolute atomic E-state index is 10.4. The summed E-state index contributed by atoms with van der Waals surface area (Å²) in [6, 6.07) is 11.4. The summed E-state index contributed by atoms with van der Waals surface area (Å²) < 4.78 is 7.06. The number of rotatable bonds is 3. The van der Waals surface area contributed by atoms with Crippen LogP contribution in [0.15, 0.2) is 45.3 Å². The molecule has 0 bridgehead atoms. The van der Waals surface area contributed by atoms with Crippen LogP contribution < -0.4 is 4.74 Å². The van der Waals surface area contributed by atoms with Crippen LogP contribution in [0.3, 0.4) is 0 Å². The molecule has 19 heavy (non-hydrogen) atoms. The van der Waals surface area contributed by atoms with E-state index in [1.165, 1.54) is 0 Å². The van der Waals surface area contributed by atoms with Gasteiger partial charge in [-0.05, 0) is 57.7 Å². The van der Waals surface area contributed by atoms with Gasteiger partial charge in [0.05, 0.1) is 11.6 Å². The van der Waals surface area contributed by atoms with Crippen molar-refractivity contribution >= 4 is 31.9 Å². The summed E-state index contributed by atoms with van der Waals surface area (Å²) >= 11 is 6.89. The number of hydrogen-bond acceptors (Lipinski definition) is 2. The topological polar surface area (TPSA) is 29.5 Å². The van der Waals surface area contributed by atoms with Crippen LogP contribution in [0.5, 0.6) is 5.75 Å². The fourth-order valence-electron chi connectivity index (χ4n) is 1.88. The minimum absolute atomic E-state index is 0.644. The first kappa shape index (κ1) is 14.6. The highest BCUT2D eigenvalue weighted by Gasteiger charge is 2.13. The van der Waals surface area contributed by atoms with Gasteiger partial charge in [-0.1, -0.05) is 34.1 Å². The lowest BCUT2D eigenvalue weighted by Crippen LogP contribution is -2.00. The lowest BCUT2D eigenvalue weighted by atomic mass is 10.00. The zero-order chi connectivity index (χ0) is 14.0. The quantitative estimate of drug-likeness (QED) is 0.835. The van der Waals surface area contributed by atoms with Crippen LogP contribution >= 0.6 is 31.9 Å². The van der Waals surface area contributed by atoms with E-state index in [1.54, 1.807) is 7.11 Å². The average Bonchev–Trinajstić information content (AvgIpc) is 2.41. The Kier molecular flexibility index (Phi) is 4.66. The van der Waals surface area contributed by atoms with Crippen molar-refractivity contribution in [2.45, 2.75) is 13.0 Å². The molecule has 2 aromatic rings. The molecule has 0 amide bonds. The fraction of sp³-hybridized carbons (Fsp3) is 0.200. The predicted octanol–water partition coefficient (Wildman–Crippen LogP) is 4.61. The molecule has 2 aromatic carbocycles. The third-order valence-electron chi connectivity index (χ3n) is 2.99. The van der Waals surface area contributed by atoms with Crippen molar-refractivity contribution in [3.8, 4) is 5.75 Å². The molecule has 0 saturated carbocycles. The van der Waals surface area contributed by atoms with Gasteiger partial charge in [-0.15, -0.1) is 0 Å². The molecule has 2 rings (SSSR count). The Morgan fingerprint density at radius 3 is 2.21 bits per heavy atom. The van der Waals surface area contributed by atoms with Gasteiger partial charge in [0, 0.05) is 4.47 Å². The maximum atomic E-state index is 10.4. The van der Waals surface area contributed by atoms with Crippen molar-refractivity contribution in [1.82, 2.24) is 0 Å². The van der Waals surface area contributed by atoms with Gasteiger partial charge in [-0.3, -0.25) is 0 Å². The van der Waals surface area contributed by atoms with E-state index in [4.69, 9.17) is 4.74 Å². The summed E-state index contributed by atoms with van der Waals surface area (Å²) in [5.41, 5.74) is 2.80. The average molecular weight is 386 g/mol. The SMILES string of the molecule is COc1ccc(C(O)c2ccc(Br)c(C)c2)cc1Br. The molecule has 0 heterocycles. The number of halogens is 2. The van der Waals surface area contributed by atoms with Crippen molar-refractivity contribution in [3.63, 3.8) is 0 Å². The first-order valence-electron chi connectivity index (χ1n) is 5.80. The number of ether oxygens (including phenoxy) is 1. The van der Waals surface area contributed by atoms with Gasteiger partial charge in [0.25, 0.3) is 0 Å². The van der Waals surface area contributed by atoms with Crippen LogP contribution in [0.25, 0.3) is 0 Å². The Morgan fingerprint density at radius 2 is 1.63 bits per heavy atom. The molecule has 1 unspecified atom stereocenters. The van der Waals surface area contributed by atoms with E-state index in [1.807, 2.05) is 43.3 Å². The van der Waals surface area contributed by atoms with Crippen molar-refractivity contribution in [1.29, 1.82) is 0 Å². The molecule has 0 aliphatic rings. The van der Waals surface area contributed by atoms with Gasteiger partial charge < -0.3 is 9.84 Å². The van der Waals surface area contributed by atoms with Gasteiger partial charge >= 0.3 is 0 Å². The molecule has 0 aliphatic heterocycles. The molecule has 0 radical (unpaired) electrons. The zero-order valence-electron chi connectivity index (χ0n) is 10.7. The van der Waals surface area contributed by atoms with E-state index >= 15 is 0 Å². The van der Waals surface area contributed by atoms with Crippen molar-refractivity contribution in [2.75, 3.05) is 7.11 Å². The van der Waals surface area contributed by atoms with E-state index in [9.17, 15) is 5.11 Å². The Balaban J connectivity index is 2.35. The van der Waals surface area contributed by atoms with E-state index in [0.29, 0.717) is 0 Å². The maximum Gasteiger partial charge on any atom is 0.133 e. The van der Waals surface area contributed by atoms with Crippen LogP contribution in [0, 0.1) is 6.92 Å². The smallest absolute Gasteiger partial charge is 0.133 e. The summed E-state index contributed by atoms with van der Waals surface area (Å²) in [4.78, 5) is 0. The van der Waals surface area contributed by atoms with Crippen molar-refractivity contribution in [2.24, 2.45) is 0 Å². The van der Waals surface area contributed by atoms with Gasteiger partial charge in [-0.2, -0.15) is 0 Å². The summed E-state index contributed by atoms with van der Waals surface area (Å²) in [6.07, 6.45) is -0.644. The Morgan fingerprint density at radius 1 is 1.00 bits per heavy atom. The Bertz CT molecular complexity index is 597. The molecule has 0 spiro atoms. The second-order valence-electron chi connectivity index (χ2n) is 4.31. The molecular weight excluding hydrogens is 372 g/mol. The second kappa shape index (κ2) is 6.07. The minimum Gasteiger partial charge on any atom is -0.496 e. The van der Waals surface area contributed by atoms with Crippen LogP contribution in [0.2, 0.25) is 0 Å². The number of benzene rings is 2. The molecule has 1 atom stereocenters. The lowest BCUT2D eigenvalue weighted by Gasteiger charge is -2.14. The monoisotopic (exact) mass is 384 g/mol. The van der Waals surface area contributed by atoms with Crippen molar-refractivity contribution in [3.05, 3.63) is 62.0 Å². The number of aliphatic hydroxyl groups excluding tert-OH is 1. The van der Waals surface area contributed by atoms with Gasteiger partial charge in [-0.25, -0.2) is 0 Å². The standard InChI is InChI=1S/C15H14Br2O2/c1-9-7-10(3-5-12(9)16)15(18)11-4-6-14(19-2)13(17)8-11/h3-8,15,18H,1-2H3. The van der Waals surface area contributed by atoms with Gasteiger partial charge in [0.15, 0.2) is 0 Å². The minimum atomic E-state index is -0.644. The van der Waals surface area contributed by atoms with Crippen LogP contribution in [-0.2, 0) is 0 Å². The second-order valence-corrected chi connectivity index (χ2v) is 6.01. The highest BCUT2D eigenvalue weighted by Crippen LogP contribution is 2.31. The molecule has 1 N–H and O–H groups in total. The van der Waals surface area contributed by atoms with Gasteiger partial charge in [0.1, 0.15) is 11.9 Å². The third-order valence-corrected chi connectivity index (χ3v) is 4.50. The highest BCUT2D eigenvalue weighted by atomic mass is 79.9. The van der Waals surface area contributed by atoms with Crippen LogP contribution in [-0.4, -0.2) is 12.2 Å². The zero-order valence-corrected chi connectivity index (χ0v) is 13.8. The number of methoxy groups -OCH3 is 1. The molecule has 0 aliphatic carbocycles. The normalized spacial score (nSPS) is 12.3. The predicted molar refractivity (Wildman–Crippen MR) is 83.6 cm³/mol. The molecule has 0 aromatic heterocycles. The summed E-state index contributed by atoms with van der Waals surface area (Å²) in [6.45, 7) is 2.00. The largest absolute Gasteiger partial charge is 0.496 e. The molecule has 4 heteroatoms. The third kappa shape index (κ3) is 3.19. The number of aryl methyl sites for hydroxylation is 1. The van der Waals surface area contributed by atoms with Gasteiger partial charge in [0.2, 0.25) is 0 Å². The van der Waals surface area contributed by atoms with E-state index in [2.05, 4.69) is 31.9 Å². The summed E-state index contributed by atoms with van der Waals surface area (Å²) in [5.74, 6) is 0.753. The molecule has 2 nitrogen and oxygen atoms in total. The van der Waals surface area contributed by atoms with Crippen LogP contribution in [0.4, 0.5) is 0 Å². The van der Waals surface area contributed by atoms with E-state index in [0.717, 1.165) is 31.4 Å². The van der Waals surface area contributed by atoms with Crippen LogP contribution in [0.1, 0.15) is 22.8 Å². The van der Waals surface area contributed by atoms with E-state index in [-0.39, 0.29) is 0 Å². The first-order valence-corrected chi connectivity index (χ1v) is 7.39.